The maximum absolute atomic E-state index is 12.4. The van der Waals surface area contributed by atoms with Crippen LogP contribution in [0.3, 0.4) is 0 Å². The third kappa shape index (κ3) is 2.75. The molecule has 0 saturated heterocycles. The Morgan fingerprint density at radius 2 is 2.14 bits per heavy atom. The molecule has 0 aliphatic heterocycles. The molecule has 1 aliphatic carbocycles. The van der Waals surface area contributed by atoms with Crippen molar-refractivity contribution in [1.82, 2.24) is 9.38 Å². The Balaban J connectivity index is 1.95. The molecule has 0 unspecified atom stereocenters. The van der Waals surface area contributed by atoms with Crippen LogP contribution in [0.15, 0.2) is 23.1 Å². The molecule has 116 valence electrons. The number of hydrogen-bond acceptors (Lipinski definition) is 4. The third-order valence-electron chi connectivity index (χ3n) is 4.49. The van der Waals surface area contributed by atoms with Crippen LogP contribution in [0.5, 0.6) is 0 Å². The predicted octanol–water partition coefficient (Wildman–Crippen LogP) is 2.81. The zero-order chi connectivity index (χ0) is 15.5. The summed E-state index contributed by atoms with van der Waals surface area (Å²) in [7, 11) is 0. The van der Waals surface area contributed by atoms with Crippen LogP contribution < -0.4 is 10.9 Å². The fourth-order valence-electron chi connectivity index (χ4n) is 3.18. The number of fused-ring (bicyclic) bond motifs is 1. The summed E-state index contributed by atoms with van der Waals surface area (Å²) >= 11 is 0. The van der Waals surface area contributed by atoms with Gasteiger partial charge in [-0.2, -0.15) is 0 Å². The zero-order valence-corrected chi connectivity index (χ0v) is 12.8. The lowest BCUT2D eigenvalue weighted by Crippen LogP contribution is -2.25. The van der Waals surface area contributed by atoms with Crippen molar-refractivity contribution in [2.24, 2.45) is 5.92 Å². The lowest BCUT2D eigenvalue weighted by atomic mass is 9.89. The fourth-order valence-corrected chi connectivity index (χ4v) is 3.18. The van der Waals surface area contributed by atoms with Crippen molar-refractivity contribution < 1.29 is 4.79 Å². The van der Waals surface area contributed by atoms with Gasteiger partial charge in [0.05, 0.1) is 0 Å². The van der Waals surface area contributed by atoms with Crippen LogP contribution in [0.1, 0.15) is 48.0 Å². The van der Waals surface area contributed by atoms with Gasteiger partial charge in [0.1, 0.15) is 17.0 Å². The van der Waals surface area contributed by atoms with Crippen LogP contribution in [0.2, 0.25) is 0 Å². The van der Waals surface area contributed by atoms with Crippen molar-refractivity contribution in [1.29, 1.82) is 0 Å². The normalized spacial score (nSPS) is 15.9. The Morgan fingerprint density at radius 1 is 1.36 bits per heavy atom. The van der Waals surface area contributed by atoms with E-state index in [0.717, 1.165) is 12.1 Å². The first-order valence-corrected chi connectivity index (χ1v) is 7.91. The highest BCUT2D eigenvalue weighted by atomic mass is 16.1. The second-order valence-corrected chi connectivity index (χ2v) is 6.07. The Morgan fingerprint density at radius 3 is 2.86 bits per heavy atom. The molecule has 0 aromatic carbocycles. The van der Waals surface area contributed by atoms with Crippen molar-refractivity contribution in [2.75, 3.05) is 11.9 Å². The lowest BCUT2D eigenvalue weighted by molar-refractivity contribution is 0.112. The first-order valence-electron chi connectivity index (χ1n) is 7.91. The molecule has 1 N–H and O–H groups in total. The summed E-state index contributed by atoms with van der Waals surface area (Å²) in [5.41, 5.74) is 1.32. The predicted molar refractivity (Wildman–Crippen MR) is 86.7 cm³/mol. The molecule has 0 radical (unpaired) electrons. The van der Waals surface area contributed by atoms with Gasteiger partial charge in [-0.05, 0) is 37.3 Å². The van der Waals surface area contributed by atoms with Crippen LogP contribution in [0, 0.1) is 12.8 Å². The summed E-state index contributed by atoms with van der Waals surface area (Å²) in [5, 5.41) is 3.24. The van der Waals surface area contributed by atoms with Gasteiger partial charge < -0.3 is 5.32 Å². The van der Waals surface area contributed by atoms with Gasteiger partial charge in [-0.1, -0.05) is 25.3 Å². The summed E-state index contributed by atoms with van der Waals surface area (Å²) < 4.78 is 1.44. The van der Waals surface area contributed by atoms with E-state index < -0.39 is 0 Å². The van der Waals surface area contributed by atoms with E-state index in [1.807, 2.05) is 13.0 Å². The monoisotopic (exact) mass is 299 g/mol. The number of carbonyl (C=O) groups is 1. The van der Waals surface area contributed by atoms with E-state index >= 15 is 0 Å². The van der Waals surface area contributed by atoms with Gasteiger partial charge in [0.15, 0.2) is 6.29 Å². The van der Waals surface area contributed by atoms with Crippen LogP contribution in [0.4, 0.5) is 5.82 Å². The topological polar surface area (TPSA) is 63.5 Å². The molecule has 22 heavy (non-hydrogen) atoms. The maximum atomic E-state index is 12.4. The van der Waals surface area contributed by atoms with Crippen molar-refractivity contribution in [2.45, 2.75) is 39.0 Å². The first-order chi connectivity index (χ1) is 10.7. The Labute approximate surface area is 129 Å². The van der Waals surface area contributed by atoms with E-state index in [1.54, 1.807) is 12.3 Å². The van der Waals surface area contributed by atoms with Gasteiger partial charge in [-0.25, -0.2) is 4.98 Å². The maximum Gasteiger partial charge on any atom is 0.270 e. The van der Waals surface area contributed by atoms with E-state index in [-0.39, 0.29) is 11.1 Å². The largest absolute Gasteiger partial charge is 0.369 e. The minimum Gasteiger partial charge on any atom is -0.369 e. The molecule has 1 fully saturated rings. The van der Waals surface area contributed by atoms with Gasteiger partial charge in [0.2, 0.25) is 0 Å². The van der Waals surface area contributed by atoms with E-state index in [2.05, 4.69) is 10.3 Å². The highest BCUT2D eigenvalue weighted by Gasteiger charge is 2.16. The Bertz CT molecular complexity index is 745. The van der Waals surface area contributed by atoms with Crippen LogP contribution in [-0.4, -0.2) is 22.2 Å². The summed E-state index contributed by atoms with van der Waals surface area (Å²) in [6.45, 7) is 2.68. The van der Waals surface area contributed by atoms with E-state index in [1.165, 1.54) is 36.5 Å². The number of nitrogens with one attached hydrogen (secondary N) is 1. The second-order valence-electron chi connectivity index (χ2n) is 6.07. The quantitative estimate of drug-likeness (QED) is 0.882. The number of aryl methyl sites for hydroxylation is 1. The lowest BCUT2D eigenvalue weighted by Gasteiger charge is -2.22. The number of aldehydes is 1. The molecular weight excluding hydrogens is 278 g/mol. The van der Waals surface area contributed by atoms with Gasteiger partial charge in [0.25, 0.3) is 5.56 Å². The van der Waals surface area contributed by atoms with Gasteiger partial charge in [0, 0.05) is 12.7 Å². The number of rotatable bonds is 4. The van der Waals surface area contributed by atoms with Crippen molar-refractivity contribution in [3.05, 3.63) is 39.8 Å². The molecule has 0 bridgehead atoms. The van der Waals surface area contributed by atoms with E-state index in [4.69, 9.17) is 0 Å². The van der Waals surface area contributed by atoms with Crippen LogP contribution in [-0.2, 0) is 0 Å². The van der Waals surface area contributed by atoms with Crippen LogP contribution in [0.25, 0.3) is 5.65 Å². The highest BCUT2D eigenvalue weighted by molar-refractivity contribution is 5.82. The third-order valence-corrected chi connectivity index (χ3v) is 4.49. The second kappa shape index (κ2) is 6.30. The molecular formula is C17H21N3O2. The molecule has 0 atom stereocenters. The van der Waals surface area contributed by atoms with Crippen molar-refractivity contribution in [3.63, 3.8) is 0 Å². The van der Waals surface area contributed by atoms with Crippen molar-refractivity contribution in [3.8, 4) is 0 Å². The summed E-state index contributed by atoms with van der Waals surface area (Å²) in [5.74, 6) is 1.02. The fraction of sp³-hybridized carbons (Fsp3) is 0.471. The number of nitrogens with zero attached hydrogens (tertiary/aromatic N) is 2. The molecule has 0 spiro atoms. The van der Waals surface area contributed by atoms with E-state index in [0.29, 0.717) is 23.7 Å². The first kappa shape index (κ1) is 14.8. The Kier molecular flexibility index (Phi) is 4.22. The molecule has 2 aromatic heterocycles. The minimum absolute atomic E-state index is 0.110. The Hall–Kier alpha value is -2.17. The van der Waals surface area contributed by atoms with Gasteiger partial charge >= 0.3 is 0 Å². The summed E-state index contributed by atoms with van der Waals surface area (Å²) in [4.78, 5) is 28.3. The standard InChI is InChI=1S/C17H21N3O2/c1-12-6-5-9-20-16(12)19-15(14(11-21)17(20)22)18-10-13-7-3-2-4-8-13/h5-6,9,11,13,18H,2-4,7-8,10H2,1H3. The van der Waals surface area contributed by atoms with Crippen LogP contribution >= 0.6 is 0 Å². The molecule has 2 aromatic rings. The zero-order valence-electron chi connectivity index (χ0n) is 12.8. The molecule has 0 amide bonds. The number of hydrogen-bond donors (Lipinski definition) is 1. The molecule has 3 rings (SSSR count). The SMILES string of the molecule is Cc1cccn2c(=O)c(C=O)c(NCC3CCCCC3)nc12. The smallest absolute Gasteiger partial charge is 0.270 e. The number of pyridine rings is 1. The van der Waals surface area contributed by atoms with Gasteiger partial charge in [-0.15, -0.1) is 0 Å². The number of anilines is 1. The summed E-state index contributed by atoms with van der Waals surface area (Å²) in [6, 6.07) is 3.70. The summed E-state index contributed by atoms with van der Waals surface area (Å²) in [6.07, 6.45) is 8.50. The minimum atomic E-state index is -0.310. The number of aromatic nitrogens is 2. The molecule has 5 nitrogen and oxygen atoms in total. The highest BCUT2D eigenvalue weighted by Crippen LogP contribution is 2.24. The molecule has 2 heterocycles. The van der Waals surface area contributed by atoms with E-state index in [9.17, 15) is 9.59 Å². The molecule has 5 heteroatoms. The average molecular weight is 299 g/mol. The van der Waals surface area contributed by atoms with Crippen molar-refractivity contribution >= 4 is 17.8 Å². The average Bonchev–Trinajstić information content (AvgIpc) is 2.55. The van der Waals surface area contributed by atoms with Gasteiger partial charge in [-0.3, -0.25) is 14.0 Å². The number of carbonyl (C=O) groups excluding carboxylic acids is 1. The molecule has 1 saturated carbocycles. The molecule has 1 aliphatic rings.